The number of aliphatic hydroxyl groups is 1. The first kappa shape index (κ1) is 23.4. The fourth-order valence-electron chi connectivity index (χ4n) is 4.27. The van der Waals surface area contributed by atoms with E-state index >= 15 is 0 Å². The molecule has 0 spiro atoms. The van der Waals surface area contributed by atoms with Gasteiger partial charge in [0.05, 0.1) is 49.4 Å². The van der Waals surface area contributed by atoms with Crippen molar-refractivity contribution in [1.29, 1.82) is 0 Å². The lowest BCUT2D eigenvalue weighted by molar-refractivity contribution is -0.117. The molecule has 0 radical (unpaired) electrons. The van der Waals surface area contributed by atoms with Crippen LogP contribution in [0.1, 0.15) is 27.7 Å². The molecule has 1 aliphatic heterocycles. The highest BCUT2D eigenvalue weighted by Crippen LogP contribution is 2.48. The van der Waals surface area contributed by atoms with Crippen LogP contribution in [-0.2, 0) is 4.79 Å². The van der Waals surface area contributed by atoms with Gasteiger partial charge in [-0.05, 0) is 54.4 Å². The van der Waals surface area contributed by atoms with Gasteiger partial charge in [0, 0.05) is 0 Å². The van der Waals surface area contributed by atoms with Crippen molar-refractivity contribution >= 4 is 38.4 Å². The predicted molar refractivity (Wildman–Crippen MR) is 133 cm³/mol. The van der Waals surface area contributed by atoms with Crippen molar-refractivity contribution in [3.8, 4) is 17.2 Å². The fraction of sp³-hybridized carbons (Fsp3) is 0.192. The van der Waals surface area contributed by atoms with Gasteiger partial charge >= 0.3 is 0 Å². The van der Waals surface area contributed by atoms with Crippen LogP contribution in [0.3, 0.4) is 0 Å². The van der Waals surface area contributed by atoms with Gasteiger partial charge in [-0.2, -0.15) is 0 Å². The summed E-state index contributed by atoms with van der Waals surface area (Å²) in [6, 6.07) is 11.0. The third-order valence-electron chi connectivity index (χ3n) is 5.94. The normalized spacial score (nSPS) is 15.6. The van der Waals surface area contributed by atoms with E-state index in [2.05, 4.69) is 4.98 Å². The van der Waals surface area contributed by atoms with Crippen LogP contribution < -0.4 is 19.1 Å². The number of aliphatic hydroxyl groups excluding tert-OH is 1. The van der Waals surface area contributed by atoms with Crippen LogP contribution in [0, 0.1) is 6.92 Å². The van der Waals surface area contributed by atoms with Gasteiger partial charge < -0.3 is 23.7 Å². The van der Waals surface area contributed by atoms with E-state index in [-0.39, 0.29) is 11.3 Å². The van der Waals surface area contributed by atoms with Gasteiger partial charge in [-0.15, -0.1) is 0 Å². The predicted octanol–water partition coefficient (Wildman–Crippen LogP) is 5.01. The number of carbonyl (C=O) groups is 2. The Labute approximate surface area is 210 Å². The Morgan fingerprint density at radius 2 is 1.81 bits per heavy atom. The van der Waals surface area contributed by atoms with E-state index in [0.29, 0.717) is 33.5 Å². The molecule has 0 bridgehead atoms. The number of anilines is 1. The maximum absolute atomic E-state index is 13.5. The molecule has 0 unspecified atom stereocenters. The second-order valence-corrected chi connectivity index (χ2v) is 9.08. The third-order valence-corrected chi connectivity index (χ3v) is 6.96. The summed E-state index contributed by atoms with van der Waals surface area (Å²) in [7, 11) is 4.42. The topological polar surface area (TPSA) is 111 Å². The van der Waals surface area contributed by atoms with Crippen LogP contribution in [-0.4, -0.2) is 43.1 Å². The highest BCUT2D eigenvalue weighted by molar-refractivity contribution is 7.22. The summed E-state index contributed by atoms with van der Waals surface area (Å²) in [4.78, 5) is 32.9. The first-order valence-corrected chi connectivity index (χ1v) is 11.7. The Morgan fingerprint density at radius 3 is 2.42 bits per heavy atom. The number of ketones is 1. The van der Waals surface area contributed by atoms with E-state index in [1.54, 1.807) is 18.2 Å². The van der Waals surface area contributed by atoms with Gasteiger partial charge in [0.25, 0.3) is 5.91 Å². The van der Waals surface area contributed by atoms with Crippen LogP contribution in [0.5, 0.6) is 17.2 Å². The summed E-state index contributed by atoms with van der Waals surface area (Å²) in [5, 5.41) is 11.3. The minimum Gasteiger partial charge on any atom is -0.503 e. The molecule has 4 aromatic rings. The molecular formula is C26H22N2O7S. The number of nitrogens with zero attached hydrogens (tertiary/aromatic N) is 2. The summed E-state index contributed by atoms with van der Waals surface area (Å²) in [5.74, 6) is -1.05. The standard InChI is InChI=1S/C26H22N2O7S/c1-13-7-8-15-19(10-13)36-26(27-15)28-21(14-11-17(32-2)24(34-4)18(12-14)33-3)20(23(30)25(28)31)22(29)16-6-5-9-35-16/h5-12,21,30H,1-4H3/t21-/m0/s1. The van der Waals surface area contributed by atoms with Crippen LogP contribution in [0.4, 0.5) is 5.13 Å². The van der Waals surface area contributed by atoms with Gasteiger partial charge in [0.15, 0.2) is 28.1 Å². The summed E-state index contributed by atoms with van der Waals surface area (Å²) in [5.41, 5.74) is 2.05. The molecule has 0 fully saturated rings. The zero-order valence-corrected chi connectivity index (χ0v) is 20.7. The summed E-state index contributed by atoms with van der Waals surface area (Å²) >= 11 is 1.29. The number of hydrogen-bond acceptors (Lipinski definition) is 9. The molecule has 5 rings (SSSR count). The maximum atomic E-state index is 13.5. The molecule has 9 nitrogen and oxygen atoms in total. The molecule has 0 saturated heterocycles. The summed E-state index contributed by atoms with van der Waals surface area (Å²) < 4.78 is 22.6. The number of ether oxygens (including phenoxy) is 3. The van der Waals surface area contributed by atoms with Crippen molar-refractivity contribution in [2.45, 2.75) is 13.0 Å². The molecular weight excluding hydrogens is 484 g/mol. The quantitative estimate of drug-likeness (QED) is 0.348. The van der Waals surface area contributed by atoms with Gasteiger partial charge in [-0.3, -0.25) is 14.5 Å². The molecule has 2 aromatic carbocycles. The van der Waals surface area contributed by atoms with Gasteiger partial charge in [0.2, 0.25) is 11.5 Å². The van der Waals surface area contributed by atoms with E-state index in [1.165, 1.54) is 49.9 Å². The number of furan rings is 1. The average molecular weight is 507 g/mol. The van der Waals surface area contributed by atoms with Crippen molar-refractivity contribution in [2.24, 2.45) is 0 Å². The monoisotopic (exact) mass is 506 g/mol. The second kappa shape index (κ2) is 9.04. The van der Waals surface area contributed by atoms with Crippen LogP contribution in [0.15, 0.2) is 64.5 Å². The molecule has 2 aromatic heterocycles. The smallest absolute Gasteiger partial charge is 0.296 e. The molecule has 0 aliphatic carbocycles. The number of methoxy groups -OCH3 is 3. The number of carbonyl (C=O) groups excluding carboxylic acids is 2. The lowest BCUT2D eigenvalue weighted by Gasteiger charge is -2.25. The minimum absolute atomic E-state index is 0.0106. The zero-order valence-electron chi connectivity index (χ0n) is 19.9. The van der Waals surface area contributed by atoms with Crippen LogP contribution in [0.2, 0.25) is 0 Å². The number of aromatic nitrogens is 1. The van der Waals surface area contributed by atoms with Gasteiger partial charge in [0.1, 0.15) is 0 Å². The van der Waals surface area contributed by atoms with Crippen molar-refractivity contribution < 1.29 is 33.3 Å². The number of rotatable bonds is 7. The number of benzene rings is 2. The fourth-order valence-corrected chi connectivity index (χ4v) is 5.36. The van der Waals surface area contributed by atoms with Crippen molar-refractivity contribution in [2.75, 3.05) is 26.2 Å². The number of hydrogen-bond donors (Lipinski definition) is 1. The molecule has 3 heterocycles. The number of thiazole rings is 1. The van der Waals surface area contributed by atoms with E-state index in [1.807, 2.05) is 25.1 Å². The van der Waals surface area contributed by atoms with Crippen LogP contribution >= 0.6 is 11.3 Å². The van der Waals surface area contributed by atoms with Crippen molar-refractivity contribution in [1.82, 2.24) is 4.98 Å². The number of amides is 1. The molecule has 0 saturated carbocycles. The largest absolute Gasteiger partial charge is 0.503 e. The Balaban J connectivity index is 1.74. The Hall–Kier alpha value is -4.31. The minimum atomic E-state index is -1.04. The van der Waals surface area contributed by atoms with E-state index < -0.39 is 23.5 Å². The third kappa shape index (κ3) is 3.66. The number of Topliss-reactive ketones (excluding diaryl/α,β-unsaturated/α-hetero) is 1. The maximum Gasteiger partial charge on any atom is 0.296 e. The van der Waals surface area contributed by atoms with E-state index in [9.17, 15) is 14.7 Å². The molecule has 1 amide bonds. The lowest BCUT2D eigenvalue weighted by atomic mass is 9.94. The summed E-state index contributed by atoms with van der Waals surface area (Å²) in [6.07, 6.45) is 1.35. The Morgan fingerprint density at radius 1 is 1.08 bits per heavy atom. The molecule has 1 N–H and O–H groups in total. The lowest BCUT2D eigenvalue weighted by Crippen LogP contribution is -2.31. The van der Waals surface area contributed by atoms with Crippen LogP contribution in [0.25, 0.3) is 10.2 Å². The van der Waals surface area contributed by atoms with E-state index in [4.69, 9.17) is 18.6 Å². The Kier molecular flexibility index (Phi) is 5.89. The second-order valence-electron chi connectivity index (χ2n) is 8.07. The zero-order chi connectivity index (χ0) is 25.6. The van der Waals surface area contributed by atoms with Crippen molar-refractivity contribution in [3.63, 3.8) is 0 Å². The Bertz CT molecular complexity index is 1500. The average Bonchev–Trinajstić information content (AvgIpc) is 3.61. The number of aryl methyl sites for hydroxylation is 1. The van der Waals surface area contributed by atoms with Gasteiger partial charge in [-0.25, -0.2) is 4.98 Å². The van der Waals surface area contributed by atoms with E-state index in [0.717, 1.165) is 10.3 Å². The first-order chi connectivity index (χ1) is 17.4. The SMILES string of the molecule is COc1cc([C@H]2C(C(=O)c3ccco3)=C(O)C(=O)N2c2nc3ccc(C)cc3s2)cc(OC)c1OC. The highest BCUT2D eigenvalue weighted by atomic mass is 32.1. The highest BCUT2D eigenvalue weighted by Gasteiger charge is 2.47. The molecule has 1 atom stereocenters. The molecule has 10 heteroatoms. The first-order valence-electron chi connectivity index (χ1n) is 10.9. The molecule has 1 aliphatic rings. The summed E-state index contributed by atoms with van der Waals surface area (Å²) in [6.45, 7) is 1.96. The molecule has 36 heavy (non-hydrogen) atoms. The molecule has 184 valence electrons. The number of fused-ring (bicyclic) bond motifs is 1. The van der Waals surface area contributed by atoms with Crippen molar-refractivity contribution in [3.05, 3.63) is 76.9 Å². The van der Waals surface area contributed by atoms with Gasteiger partial charge in [-0.1, -0.05) is 17.4 Å².